The lowest BCUT2D eigenvalue weighted by molar-refractivity contribution is -0.120. The number of hydrogen-bond donors (Lipinski definition) is 2. The normalized spacial score (nSPS) is 15.9. The zero-order chi connectivity index (χ0) is 19.1. The molecule has 0 spiro atoms. The molecule has 2 N–H and O–H groups in total. The Balaban J connectivity index is 1.51. The Morgan fingerprint density at radius 1 is 1.11 bits per heavy atom. The Morgan fingerprint density at radius 2 is 1.93 bits per heavy atom. The lowest BCUT2D eigenvalue weighted by atomic mass is 10.1. The third kappa shape index (κ3) is 5.68. The maximum atomic E-state index is 12.2. The van der Waals surface area contributed by atoms with E-state index in [1.54, 1.807) is 24.5 Å². The van der Waals surface area contributed by atoms with E-state index in [-0.39, 0.29) is 24.4 Å². The summed E-state index contributed by atoms with van der Waals surface area (Å²) in [6.07, 6.45) is 5.23. The number of hydrogen-bond acceptors (Lipinski definition) is 4. The highest BCUT2D eigenvalue weighted by atomic mass is 79.9. The number of piperidine rings is 1. The SMILES string of the molecule is O=C(CNC(=O)c1cccc(Br)c1)NCC(c1ccco1)N1CCCCC1. The van der Waals surface area contributed by atoms with Gasteiger partial charge in [-0.25, -0.2) is 0 Å². The zero-order valence-electron chi connectivity index (χ0n) is 15.1. The number of halogens is 1. The van der Waals surface area contributed by atoms with Gasteiger partial charge in [-0.15, -0.1) is 0 Å². The Kier molecular flexibility index (Phi) is 7.06. The predicted octanol–water partition coefficient (Wildman–Crippen LogP) is 3.12. The van der Waals surface area contributed by atoms with Crippen LogP contribution < -0.4 is 10.6 Å². The molecule has 0 radical (unpaired) electrons. The van der Waals surface area contributed by atoms with Gasteiger partial charge in [0.25, 0.3) is 5.91 Å². The Bertz CT molecular complexity index is 758. The quantitative estimate of drug-likeness (QED) is 0.703. The zero-order valence-corrected chi connectivity index (χ0v) is 16.7. The molecule has 3 rings (SSSR count). The number of rotatable bonds is 7. The van der Waals surface area contributed by atoms with Gasteiger partial charge in [-0.2, -0.15) is 0 Å². The minimum Gasteiger partial charge on any atom is -0.468 e. The lowest BCUT2D eigenvalue weighted by Gasteiger charge is -2.33. The van der Waals surface area contributed by atoms with Crippen LogP contribution in [-0.2, 0) is 4.79 Å². The largest absolute Gasteiger partial charge is 0.468 e. The van der Waals surface area contributed by atoms with E-state index in [1.807, 2.05) is 18.2 Å². The molecule has 1 saturated heterocycles. The van der Waals surface area contributed by atoms with Crippen molar-refractivity contribution < 1.29 is 14.0 Å². The number of carbonyl (C=O) groups is 2. The van der Waals surface area contributed by atoms with Crippen LogP contribution in [0, 0.1) is 0 Å². The van der Waals surface area contributed by atoms with Gasteiger partial charge in [0.05, 0.1) is 18.8 Å². The average Bonchev–Trinajstić information content (AvgIpc) is 3.21. The van der Waals surface area contributed by atoms with Crippen molar-refractivity contribution in [1.29, 1.82) is 0 Å². The first kappa shape index (κ1) is 19.6. The minimum atomic E-state index is -0.273. The van der Waals surface area contributed by atoms with Crippen LogP contribution in [0.15, 0.2) is 51.6 Å². The lowest BCUT2D eigenvalue weighted by Crippen LogP contribution is -2.43. The summed E-state index contributed by atoms with van der Waals surface area (Å²) in [6.45, 7) is 2.40. The molecular weight excluding hydrogens is 410 g/mol. The topological polar surface area (TPSA) is 74.6 Å². The van der Waals surface area contributed by atoms with Crippen molar-refractivity contribution in [2.45, 2.75) is 25.3 Å². The molecule has 144 valence electrons. The van der Waals surface area contributed by atoms with Crippen LogP contribution in [0.2, 0.25) is 0 Å². The second kappa shape index (κ2) is 9.71. The maximum absolute atomic E-state index is 12.2. The highest BCUT2D eigenvalue weighted by Gasteiger charge is 2.24. The molecule has 27 heavy (non-hydrogen) atoms. The highest BCUT2D eigenvalue weighted by molar-refractivity contribution is 9.10. The van der Waals surface area contributed by atoms with Crippen LogP contribution in [0.3, 0.4) is 0 Å². The molecular formula is C20H24BrN3O3. The number of amides is 2. The molecule has 1 aliphatic heterocycles. The number of nitrogens with one attached hydrogen (secondary N) is 2. The fourth-order valence-corrected chi connectivity index (χ4v) is 3.69. The summed E-state index contributed by atoms with van der Waals surface area (Å²) in [7, 11) is 0. The molecule has 1 atom stereocenters. The Hall–Kier alpha value is -2.12. The smallest absolute Gasteiger partial charge is 0.251 e. The average molecular weight is 434 g/mol. The van der Waals surface area contributed by atoms with Crippen LogP contribution in [0.5, 0.6) is 0 Å². The summed E-state index contributed by atoms with van der Waals surface area (Å²) in [5.74, 6) is 0.368. The van der Waals surface area contributed by atoms with Crippen molar-refractivity contribution in [3.8, 4) is 0 Å². The first-order chi connectivity index (χ1) is 13.1. The number of carbonyl (C=O) groups excluding carboxylic acids is 2. The second-order valence-corrected chi connectivity index (χ2v) is 7.54. The van der Waals surface area contributed by atoms with Crippen molar-refractivity contribution in [1.82, 2.24) is 15.5 Å². The minimum absolute atomic E-state index is 0.0185. The molecule has 2 aromatic rings. The number of nitrogens with zero attached hydrogens (tertiary/aromatic N) is 1. The summed E-state index contributed by atoms with van der Waals surface area (Å²) in [4.78, 5) is 26.7. The Morgan fingerprint density at radius 3 is 2.63 bits per heavy atom. The van der Waals surface area contributed by atoms with Crippen LogP contribution in [0.4, 0.5) is 0 Å². The van der Waals surface area contributed by atoms with Crippen molar-refractivity contribution in [3.05, 3.63) is 58.5 Å². The molecule has 2 heterocycles. The van der Waals surface area contributed by atoms with Crippen LogP contribution in [0.25, 0.3) is 0 Å². The van der Waals surface area contributed by atoms with E-state index in [0.29, 0.717) is 12.1 Å². The van der Waals surface area contributed by atoms with Gasteiger partial charge >= 0.3 is 0 Å². The van der Waals surface area contributed by atoms with Gasteiger partial charge in [0.2, 0.25) is 5.91 Å². The molecule has 1 aliphatic rings. The van der Waals surface area contributed by atoms with E-state index in [4.69, 9.17) is 4.42 Å². The van der Waals surface area contributed by atoms with Gasteiger partial charge in [0, 0.05) is 16.6 Å². The van der Waals surface area contributed by atoms with E-state index in [0.717, 1.165) is 36.2 Å². The third-order valence-corrected chi connectivity index (χ3v) is 5.19. The standard InChI is InChI=1S/C20H24BrN3O3/c21-16-7-4-6-15(12-16)20(26)23-14-19(25)22-13-17(18-8-5-11-27-18)24-9-2-1-3-10-24/h4-8,11-12,17H,1-3,9-10,13-14H2,(H,22,25)(H,23,26). The summed E-state index contributed by atoms with van der Waals surface area (Å²) in [5, 5.41) is 5.58. The van der Waals surface area contributed by atoms with Crippen LogP contribution in [0.1, 0.15) is 41.4 Å². The van der Waals surface area contributed by atoms with Crippen LogP contribution in [-0.4, -0.2) is 42.9 Å². The Labute approximate surface area is 167 Å². The van der Waals surface area contributed by atoms with Gasteiger partial charge in [-0.3, -0.25) is 14.5 Å². The van der Waals surface area contributed by atoms with E-state index in [9.17, 15) is 9.59 Å². The molecule has 2 amide bonds. The summed E-state index contributed by atoms with van der Waals surface area (Å²) >= 11 is 3.34. The maximum Gasteiger partial charge on any atom is 0.251 e. The van der Waals surface area contributed by atoms with Gasteiger partial charge in [-0.05, 0) is 56.3 Å². The first-order valence-electron chi connectivity index (χ1n) is 9.21. The van der Waals surface area contributed by atoms with E-state index < -0.39 is 0 Å². The van der Waals surface area contributed by atoms with Crippen molar-refractivity contribution in [2.75, 3.05) is 26.2 Å². The van der Waals surface area contributed by atoms with Gasteiger partial charge in [0.1, 0.15) is 5.76 Å². The fourth-order valence-electron chi connectivity index (χ4n) is 3.29. The van der Waals surface area contributed by atoms with Crippen molar-refractivity contribution in [2.24, 2.45) is 0 Å². The summed E-state index contributed by atoms with van der Waals surface area (Å²) < 4.78 is 6.40. The van der Waals surface area contributed by atoms with Crippen molar-refractivity contribution >= 4 is 27.7 Å². The molecule has 6 nitrogen and oxygen atoms in total. The second-order valence-electron chi connectivity index (χ2n) is 6.62. The number of benzene rings is 1. The molecule has 1 fully saturated rings. The molecule has 0 bridgehead atoms. The fraction of sp³-hybridized carbons (Fsp3) is 0.400. The number of furan rings is 1. The van der Waals surface area contributed by atoms with Gasteiger partial charge < -0.3 is 15.1 Å². The third-order valence-electron chi connectivity index (χ3n) is 4.69. The van der Waals surface area contributed by atoms with Crippen molar-refractivity contribution in [3.63, 3.8) is 0 Å². The molecule has 0 saturated carbocycles. The molecule has 1 aromatic carbocycles. The molecule has 1 unspecified atom stereocenters. The van der Waals surface area contributed by atoms with E-state index in [2.05, 4.69) is 31.5 Å². The predicted molar refractivity (Wildman–Crippen MR) is 106 cm³/mol. The molecule has 7 heteroatoms. The first-order valence-corrected chi connectivity index (χ1v) is 10.0. The van der Waals surface area contributed by atoms with Gasteiger partial charge in [0.15, 0.2) is 0 Å². The summed E-state index contributed by atoms with van der Waals surface area (Å²) in [5.41, 5.74) is 0.513. The van der Waals surface area contributed by atoms with Crippen LogP contribution >= 0.6 is 15.9 Å². The summed E-state index contributed by atoms with van der Waals surface area (Å²) in [6, 6.07) is 10.9. The monoisotopic (exact) mass is 433 g/mol. The van der Waals surface area contributed by atoms with E-state index in [1.165, 1.54) is 6.42 Å². The van der Waals surface area contributed by atoms with Gasteiger partial charge in [-0.1, -0.05) is 28.4 Å². The molecule has 1 aromatic heterocycles. The molecule has 0 aliphatic carbocycles. The van der Waals surface area contributed by atoms with E-state index >= 15 is 0 Å². The highest BCUT2D eigenvalue weighted by Crippen LogP contribution is 2.24. The number of likely N-dealkylation sites (tertiary alicyclic amines) is 1.